The van der Waals surface area contributed by atoms with Crippen molar-refractivity contribution >= 4 is 0 Å². The molecular formula is C18H28O. The molecule has 1 aliphatic carbocycles. The van der Waals surface area contributed by atoms with Crippen LogP contribution in [0.4, 0.5) is 0 Å². The zero-order valence-electron chi connectivity index (χ0n) is 12.5. The van der Waals surface area contributed by atoms with Crippen LogP contribution in [0.3, 0.4) is 0 Å². The molecule has 1 heteroatoms. The third-order valence-electron chi connectivity index (χ3n) is 4.66. The normalized spacial score (nSPS) is 27.4. The third kappa shape index (κ3) is 3.60. The molecule has 1 saturated carbocycles. The lowest BCUT2D eigenvalue weighted by molar-refractivity contribution is -0.0152. The second kappa shape index (κ2) is 6.56. The molecule has 0 amide bonds. The van der Waals surface area contributed by atoms with E-state index in [2.05, 4.69) is 38.1 Å². The van der Waals surface area contributed by atoms with E-state index < -0.39 is 5.60 Å². The molecule has 1 N–H and O–H groups in total. The highest BCUT2D eigenvalue weighted by Crippen LogP contribution is 2.40. The van der Waals surface area contributed by atoms with Crippen LogP contribution in [0.2, 0.25) is 0 Å². The molecule has 0 unspecified atom stereocenters. The first-order valence-corrected chi connectivity index (χ1v) is 7.99. The Balaban J connectivity index is 2.00. The maximum Gasteiger partial charge on any atom is 0.0896 e. The van der Waals surface area contributed by atoms with E-state index in [0.29, 0.717) is 0 Å². The molecule has 0 spiro atoms. The Labute approximate surface area is 118 Å². The summed E-state index contributed by atoms with van der Waals surface area (Å²) in [7, 11) is 0. The van der Waals surface area contributed by atoms with Crippen molar-refractivity contribution in [2.75, 3.05) is 0 Å². The highest BCUT2D eigenvalue weighted by Gasteiger charge is 2.34. The van der Waals surface area contributed by atoms with Gasteiger partial charge in [-0.3, -0.25) is 0 Å². The van der Waals surface area contributed by atoms with Crippen LogP contribution in [-0.2, 0) is 12.0 Å². The highest BCUT2D eigenvalue weighted by atomic mass is 16.3. The van der Waals surface area contributed by atoms with Crippen LogP contribution in [0.25, 0.3) is 0 Å². The van der Waals surface area contributed by atoms with Crippen molar-refractivity contribution in [3.63, 3.8) is 0 Å². The summed E-state index contributed by atoms with van der Waals surface area (Å²) in [5.74, 6) is 0.838. The quantitative estimate of drug-likeness (QED) is 0.805. The summed E-state index contributed by atoms with van der Waals surface area (Å²) in [6.07, 6.45) is 9.15. The molecule has 1 aromatic carbocycles. The monoisotopic (exact) mass is 260 g/mol. The average molecular weight is 260 g/mol. The van der Waals surface area contributed by atoms with Crippen molar-refractivity contribution in [1.82, 2.24) is 0 Å². The van der Waals surface area contributed by atoms with Gasteiger partial charge in [0, 0.05) is 0 Å². The first-order valence-electron chi connectivity index (χ1n) is 7.99. The van der Waals surface area contributed by atoms with Crippen molar-refractivity contribution in [1.29, 1.82) is 0 Å². The lowest BCUT2D eigenvalue weighted by Crippen LogP contribution is -2.31. The molecule has 0 aromatic heterocycles. The Bertz CT molecular complexity index is 371. The highest BCUT2D eigenvalue weighted by molar-refractivity contribution is 5.27. The minimum atomic E-state index is -0.561. The van der Waals surface area contributed by atoms with Gasteiger partial charge in [-0.15, -0.1) is 0 Å². The Kier molecular flexibility index (Phi) is 5.04. The SMILES string of the molecule is CCCc1ccc([C@]2(O)CC[C@H](CCC)CC2)cc1. The fourth-order valence-corrected chi connectivity index (χ4v) is 3.41. The number of rotatable bonds is 5. The second-order valence-electron chi connectivity index (χ2n) is 6.21. The van der Waals surface area contributed by atoms with Crippen LogP contribution in [0.5, 0.6) is 0 Å². The van der Waals surface area contributed by atoms with E-state index in [1.807, 2.05) is 0 Å². The zero-order chi connectivity index (χ0) is 13.7. The Morgan fingerprint density at radius 2 is 1.68 bits per heavy atom. The van der Waals surface area contributed by atoms with E-state index >= 15 is 0 Å². The Hall–Kier alpha value is -0.820. The summed E-state index contributed by atoms with van der Waals surface area (Å²) < 4.78 is 0. The van der Waals surface area contributed by atoms with Crippen LogP contribution in [-0.4, -0.2) is 5.11 Å². The summed E-state index contributed by atoms with van der Waals surface area (Å²) in [6.45, 7) is 4.46. The van der Waals surface area contributed by atoms with Gasteiger partial charge in [0.2, 0.25) is 0 Å². The molecule has 0 radical (unpaired) electrons. The van der Waals surface area contributed by atoms with Crippen molar-refractivity contribution in [3.8, 4) is 0 Å². The van der Waals surface area contributed by atoms with Gasteiger partial charge in [-0.05, 0) is 49.1 Å². The van der Waals surface area contributed by atoms with E-state index in [1.54, 1.807) is 0 Å². The van der Waals surface area contributed by atoms with Crippen LogP contribution in [0, 0.1) is 5.92 Å². The van der Waals surface area contributed by atoms with Gasteiger partial charge >= 0.3 is 0 Å². The van der Waals surface area contributed by atoms with Crippen molar-refractivity contribution in [2.45, 2.75) is 70.8 Å². The fourth-order valence-electron chi connectivity index (χ4n) is 3.41. The molecule has 0 bridgehead atoms. The molecule has 2 rings (SSSR count). The maximum atomic E-state index is 10.8. The van der Waals surface area contributed by atoms with Gasteiger partial charge in [0.1, 0.15) is 0 Å². The molecule has 0 atom stereocenters. The number of hydrogen-bond donors (Lipinski definition) is 1. The molecule has 19 heavy (non-hydrogen) atoms. The molecule has 106 valence electrons. The molecule has 1 aromatic rings. The third-order valence-corrected chi connectivity index (χ3v) is 4.66. The van der Waals surface area contributed by atoms with E-state index in [1.165, 1.54) is 37.7 Å². The van der Waals surface area contributed by atoms with E-state index in [4.69, 9.17) is 0 Å². The second-order valence-corrected chi connectivity index (χ2v) is 6.21. The van der Waals surface area contributed by atoms with E-state index in [9.17, 15) is 5.11 Å². The molecule has 1 nitrogen and oxygen atoms in total. The first-order chi connectivity index (χ1) is 9.18. The van der Waals surface area contributed by atoms with Gasteiger partial charge in [-0.2, -0.15) is 0 Å². The van der Waals surface area contributed by atoms with E-state index in [0.717, 1.165) is 30.7 Å². The molecular weight excluding hydrogens is 232 g/mol. The van der Waals surface area contributed by atoms with Gasteiger partial charge in [0.15, 0.2) is 0 Å². The average Bonchev–Trinajstić information content (AvgIpc) is 2.43. The smallest absolute Gasteiger partial charge is 0.0896 e. The minimum absolute atomic E-state index is 0.561. The largest absolute Gasteiger partial charge is 0.385 e. The summed E-state index contributed by atoms with van der Waals surface area (Å²) in [5.41, 5.74) is 1.95. The van der Waals surface area contributed by atoms with Crippen molar-refractivity contribution in [3.05, 3.63) is 35.4 Å². The van der Waals surface area contributed by atoms with Crippen molar-refractivity contribution < 1.29 is 5.11 Å². The van der Waals surface area contributed by atoms with Gasteiger partial charge in [-0.25, -0.2) is 0 Å². The Morgan fingerprint density at radius 3 is 2.21 bits per heavy atom. The first kappa shape index (κ1) is 14.6. The molecule has 0 heterocycles. The predicted octanol–water partition coefficient (Wildman–Crippen LogP) is 4.82. The Morgan fingerprint density at radius 1 is 1.05 bits per heavy atom. The molecule has 1 fully saturated rings. The summed E-state index contributed by atoms with van der Waals surface area (Å²) >= 11 is 0. The standard InChI is InChI=1S/C18H28O/c1-3-5-15-7-9-17(10-8-15)18(19)13-11-16(6-4-2)12-14-18/h7-10,16,19H,3-6,11-14H2,1-2H3/t16-,18-. The number of aliphatic hydroxyl groups is 1. The predicted molar refractivity (Wildman–Crippen MR) is 81.2 cm³/mol. The molecule has 1 aliphatic rings. The lowest BCUT2D eigenvalue weighted by Gasteiger charge is -2.36. The summed E-state index contributed by atoms with van der Waals surface area (Å²) in [4.78, 5) is 0. The fraction of sp³-hybridized carbons (Fsp3) is 0.667. The van der Waals surface area contributed by atoms with E-state index in [-0.39, 0.29) is 0 Å². The van der Waals surface area contributed by atoms with Crippen molar-refractivity contribution in [2.24, 2.45) is 5.92 Å². The van der Waals surface area contributed by atoms with Gasteiger partial charge in [0.05, 0.1) is 5.60 Å². The van der Waals surface area contributed by atoms with Crippen LogP contribution >= 0.6 is 0 Å². The molecule has 0 aliphatic heterocycles. The maximum absolute atomic E-state index is 10.8. The number of benzene rings is 1. The van der Waals surface area contributed by atoms with Gasteiger partial charge in [0.25, 0.3) is 0 Å². The van der Waals surface area contributed by atoms with Gasteiger partial charge < -0.3 is 5.11 Å². The number of hydrogen-bond acceptors (Lipinski definition) is 1. The van der Waals surface area contributed by atoms with Crippen LogP contribution < -0.4 is 0 Å². The number of aryl methyl sites for hydroxylation is 1. The van der Waals surface area contributed by atoms with Crippen LogP contribution in [0.15, 0.2) is 24.3 Å². The lowest BCUT2D eigenvalue weighted by atomic mass is 9.74. The zero-order valence-corrected chi connectivity index (χ0v) is 12.5. The van der Waals surface area contributed by atoms with Crippen LogP contribution in [0.1, 0.15) is 69.9 Å². The van der Waals surface area contributed by atoms with Gasteiger partial charge in [-0.1, -0.05) is 57.4 Å². The topological polar surface area (TPSA) is 20.2 Å². The minimum Gasteiger partial charge on any atom is -0.385 e. The molecule has 0 saturated heterocycles. The summed E-state index contributed by atoms with van der Waals surface area (Å²) in [5, 5.41) is 10.8. The summed E-state index contributed by atoms with van der Waals surface area (Å²) in [6, 6.07) is 8.67.